The van der Waals surface area contributed by atoms with Gasteiger partial charge in [0.2, 0.25) is 0 Å². The largest absolute Gasteiger partial charge is 0.461 e. The van der Waals surface area contributed by atoms with E-state index in [2.05, 4.69) is 67.6 Å². The topological polar surface area (TPSA) is 13.1 Å². The average molecular weight is 272 g/mol. The van der Waals surface area contributed by atoms with Crippen molar-refractivity contribution in [2.75, 3.05) is 0 Å². The summed E-state index contributed by atoms with van der Waals surface area (Å²) in [6.07, 6.45) is 0. The van der Waals surface area contributed by atoms with Crippen LogP contribution in [0.5, 0.6) is 0 Å². The molecular weight excluding hydrogens is 256 g/mol. The number of furan rings is 1. The van der Waals surface area contributed by atoms with Crippen molar-refractivity contribution < 1.29 is 4.42 Å². The fourth-order valence-corrected chi connectivity index (χ4v) is 2.98. The molecular formula is C20H16O. The van der Waals surface area contributed by atoms with Gasteiger partial charge in [-0.2, -0.15) is 0 Å². The molecule has 0 unspecified atom stereocenters. The Morgan fingerprint density at radius 2 is 1.29 bits per heavy atom. The molecule has 1 heteroatoms. The fourth-order valence-electron chi connectivity index (χ4n) is 2.98. The van der Waals surface area contributed by atoms with Crippen molar-refractivity contribution in [2.45, 2.75) is 13.8 Å². The van der Waals surface area contributed by atoms with Crippen LogP contribution >= 0.6 is 0 Å². The van der Waals surface area contributed by atoms with Gasteiger partial charge in [0.15, 0.2) is 0 Å². The summed E-state index contributed by atoms with van der Waals surface area (Å²) in [7, 11) is 0. The normalized spacial score (nSPS) is 11.3. The van der Waals surface area contributed by atoms with Crippen molar-refractivity contribution in [3.63, 3.8) is 0 Å². The smallest absolute Gasteiger partial charge is 0.135 e. The van der Waals surface area contributed by atoms with E-state index in [1.807, 2.05) is 6.92 Å². The predicted octanol–water partition coefficient (Wildman–Crippen LogP) is 5.87. The molecule has 1 aromatic heterocycles. The molecule has 0 aliphatic carbocycles. The van der Waals surface area contributed by atoms with Gasteiger partial charge in [-0.15, -0.1) is 0 Å². The van der Waals surface area contributed by atoms with Crippen molar-refractivity contribution in [3.8, 4) is 11.3 Å². The predicted molar refractivity (Wildman–Crippen MR) is 88.6 cm³/mol. The van der Waals surface area contributed by atoms with Gasteiger partial charge in [0.25, 0.3) is 0 Å². The van der Waals surface area contributed by atoms with Crippen LogP contribution < -0.4 is 0 Å². The summed E-state index contributed by atoms with van der Waals surface area (Å²) in [5, 5.41) is 4.98. The summed E-state index contributed by atoms with van der Waals surface area (Å²) in [6, 6.07) is 21.4. The third-order valence-electron chi connectivity index (χ3n) is 4.18. The SMILES string of the molecule is Cc1cc(-c2c3ccccc3cc3ccccc23)oc1C. The zero-order valence-corrected chi connectivity index (χ0v) is 12.2. The second kappa shape index (κ2) is 4.49. The lowest BCUT2D eigenvalue weighted by molar-refractivity contribution is 0.546. The maximum absolute atomic E-state index is 6.02. The fraction of sp³-hybridized carbons (Fsp3) is 0.100. The minimum absolute atomic E-state index is 0.956. The monoisotopic (exact) mass is 272 g/mol. The molecule has 0 bridgehead atoms. The van der Waals surface area contributed by atoms with Crippen molar-refractivity contribution in [3.05, 3.63) is 72.0 Å². The highest BCUT2D eigenvalue weighted by Crippen LogP contribution is 2.37. The maximum Gasteiger partial charge on any atom is 0.135 e. The van der Waals surface area contributed by atoms with E-state index < -0.39 is 0 Å². The molecule has 0 atom stereocenters. The standard InChI is InChI=1S/C20H16O/c1-13-11-19(21-14(13)2)20-17-9-5-3-7-15(17)12-16-8-4-6-10-18(16)20/h3-12H,1-2H3. The Morgan fingerprint density at radius 3 is 1.81 bits per heavy atom. The average Bonchev–Trinajstić information content (AvgIpc) is 2.83. The Morgan fingerprint density at radius 1 is 0.714 bits per heavy atom. The first-order valence-corrected chi connectivity index (χ1v) is 7.22. The van der Waals surface area contributed by atoms with Gasteiger partial charge in [-0.25, -0.2) is 0 Å². The zero-order chi connectivity index (χ0) is 14.4. The number of fused-ring (bicyclic) bond motifs is 2. The molecule has 0 aliphatic heterocycles. The lowest BCUT2D eigenvalue weighted by Gasteiger charge is -2.09. The molecule has 0 spiro atoms. The Hall–Kier alpha value is -2.54. The van der Waals surface area contributed by atoms with E-state index in [4.69, 9.17) is 4.42 Å². The second-order valence-electron chi connectivity index (χ2n) is 5.54. The number of aryl methyl sites for hydroxylation is 2. The first kappa shape index (κ1) is 12.2. The quantitative estimate of drug-likeness (QED) is 0.395. The molecule has 0 N–H and O–H groups in total. The molecule has 0 aliphatic rings. The molecule has 1 nitrogen and oxygen atoms in total. The summed E-state index contributed by atoms with van der Waals surface area (Å²) in [4.78, 5) is 0. The molecule has 0 radical (unpaired) electrons. The van der Waals surface area contributed by atoms with Crippen LogP contribution in [0.1, 0.15) is 11.3 Å². The summed E-state index contributed by atoms with van der Waals surface area (Å²) >= 11 is 0. The summed E-state index contributed by atoms with van der Waals surface area (Å²) in [5.41, 5.74) is 2.39. The van der Waals surface area contributed by atoms with Crippen LogP contribution in [0.2, 0.25) is 0 Å². The van der Waals surface area contributed by atoms with Crippen molar-refractivity contribution in [2.24, 2.45) is 0 Å². The van der Waals surface area contributed by atoms with Gasteiger partial charge in [0, 0.05) is 5.56 Å². The molecule has 3 aromatic carbocycles. The van der Waals surface area contributed by atoms with Gasteiger partial charge in [-0.3, -0.25) is 0 Å². The van der Waals surface area contributed by atoms with Crippen LogP contribution in [-0.2, 0) is 0 Å². The molecule has 0 fully saturated rings. The summed E-state index contributed by atoms with van der Waals surface area (Å²) < 4.78 is 6.02. The summed E-state index contributed by atoms with van der Waals surface area (Å²) in [6.45, 7) is 4.11. The van der Waals surface area contributed by atoms with Crippen LogP contribution in [0.25, 0.3) is 32.9 Å². The molecule has 102 valence electrons. The van der Waals surface area contributed by atoms with Crippen molar-refractivity contribution in [1.82, 2.24) is 0 Å². The van der Waals surface area contributed by atoms with Gasteiger partial charge in [0.05, 0.1) is 0 Å². The highest BCUT2D eigenvalue weighted by Gasteiger charge is 2.13. The van der Waals surface area contributed by atoms with E-state index in [-0.39, 0.29) is 0 Å². The second-order valence-corrected chi connectivity index (χ2v) is 5.54. The first-order valence-electron chi connectivity index (χ1n) is 7.22. The van der Waals surface area contributed by atoms with Gasteiger partial charge < -0.3 is 4.42 Å². The Bertz CT molecular complexity index is 887. The molecule has 0 saturated heterocycles. The lowest BCUT2D eigenvalue weighted by atomic mass is 9.95. The van der Waals surface area contributed by atoms with Crippen LogP contribution in [-0.4, -0.2) is 0 Å². The molecule has 4 rings (SSSR count). The molecule has 0 amide bonds. The molecule has 21 heavy (non-hydrogen) atoms. The Kier molecular flexibility index (Phi) is 2.61. The highest BCUT2D eigenvalue weighted by atomic mass is 16.3. The third-order valence-corrected chi connectivity index (χ3v) is 4.18. The summed E-state index contributed by atoms with van der Waals surface area (Å²) in [5.74, 6) is 1.94. The van der Waals surface area contributed by atoms with E-state index in [1.165, 1.54) is 32.7 Å². The van der Waals surface area contributed by atoms with E-state index in [1.54, 1.807) is 0 Å². The van der Waals surface area contributed by atoms with Crippen LogP contribution in [0.4, 0.5) is 0 Å². The van der Waals surface area contributed by atoms with Crippen LogP contribution in [0, 0.1) is 13.8 Å². The third kappa shape index (κ3) is 1.85. The lowest BCUT2D eigenvalue weighted by Crippen LogP contribution is -1.83. The van der Waals surface area contributed by atoms with Crippen LogP contribution in [0.3, 0.4) is 0 Å². The number of hydrogen-bond acceptors (Lipinski definition) is 1. The minimum Gasteiger partial charge on any atom is -0.461 e. The molecule has 0 saturated carbocycles. The van der Waals surface area contributed by atoms with Gasteiger partial charge >= 0.3 is 0 Å². The highest BCUT2D eigenvalue weighted by molar-refractivity contribution is 6.11. The van der Waals surface area contributed by atoms with Crippen molar-refractivity contribution >= 4 is 21.5 Å². The number of rotatable bonds is 1. The van der Waals surface area contributed by atoms with E-state index in [0.717, 1.165) is 11.5 Å². The number of hydrogen-bond donors (Lipinski definition) is 0. The molecule has 4 aromatic rings. The minimum atomic E-state index is 0.956. The Balaban J connectivity index is 2.21. The van der Waals surface area contributed by atoms with E-state index >= 15 is 0 Å². The van der Waals surface area contributed by atoms with E-state index in [0.29, 0.717) is 0 Å². The van der Waals surface area contributed by atoms with Gasteiger partial charge in [-0.05, 0) is 53.1 Å². The first-order chi connectivity index (χ1) is 10.2. The van der Waals surface area contributed by atoms with Crippen molar-refractivity contribution in [1.29, 1.82) is 0 Å². The number of benzene rings is 3. The molecule has 1 heterocycles. The van der Waals surface area contributed by atoms with E-state index in [9.17, 15) is 0 Å². The zero-order valence-electron chi connectivity index (χ0n) is 12.2. The van der Waals surface area contributed by atoms with Gasteiger partial charge in [0.1, 0.15) is 11.5 Å². The van der Waals surface area contributed by atoms with Gasteiger partial charge in [-0.1, -0.05) is 48.5 Å². The maximum atomic E-state index is 6.02. The van der Waals surface area contributed by atoms with Crippen LogP contribution in [0.15, 0.2) is 65.1 Å². The Labute approximate surface area is 123 Å².